The molecule has 0 saturated carbocycles. The van der Waals surface area contributed by atoms with Crippen LogP contribution in [-0.4, -0.2) is 38.4 Å². The maximum atomic E-state index is 11.9. The topological polar surface area (TPSA) is 98.7 Å². The molecule has 7 nitrogen and oxygen atoms in total. The van der Waals surface area contributed by atoms with E-state index in [0.717, 1.165) is 5.56 Å². The van der Waals surface area contributed by atoms with E-state index in [0.29, 0.717) is 17.5 Å². The zero-order chi connectivity index (χ0) is 14.4. The quantitative estimate of drug-likeness (QED) is 0.579. The van der Waals surface area contributed by atoms with Crippen molar-refractivity contribution < 1.29 is 4.79 Å². The summed E-state index contributed by atoms with van der Waals surface area (Å²) in [6.45, 7) is 0.511. The lowest BCUT2D eigenvalue weighted by Gasteiger charge is -2.12. The van der Waals surface area contributed by atoms with Crippen LogP contribution < -0.4 is 11.1 Å². The third-order valence-electron chi connectivity index (χ3n) is 2.65. The van der Waals surface area contributed by atoms with E-state index in [1.54, 1.807) is 11.7 Å². The molecular weight excluding hydrogens is 276 g/mol. The Bertz CT molecular complexity index is 558. The maximum absolute atomic E-state index is 11.9. The second kappa shape index (κ2) is 7.01. The van der Waals surface area contributed by atoms with Crippen molar-refractivity contribution >= 4 is 17.7 Å². The molecule has 20 heavy (non-hydrogen) atoms. The number of thioether (sulfide) groups is 1. The summed E-state index contributed by atoms with van der Waals surface area (Å²) in [5.74, 6) is 0.495. The number of amides is 1. The third-order valence-corrected chi connectivity index (χ3v) is 3.67. The summed E-state index contributed by atoms with van der Waals surface area (Å²) in [7, 11) is 1.77. The second-order valence-electron chi connectivity index (χ2n) is 4.11. The van der Waals surface area contributed by atoms with Crippen LogP contribution in [0.4, 0.5) is 0 Å². The molecule has 0 fully saturated rings. The Morgan fingerprint density at radius 1 is 1.45 bits per heavy atom. The van der Waals surface area contributed by atoms with Crippen molar-refractivity contribution in [1.29, 1.82) is 0 Å². The van der Waals surface area contributed by atoms with Crippen molar-refractivity contribution in [3.8, 4) is 0 Å². The van der Waals surface area contributed by atoms with Gasteiger partial charge in [-0.3, -0.25) is 4.79 Å². The van der Waals surface area contributed by atoms with Gasteiger partial charge in [-0.1, -0.05) is 42.1 Å². The van der Waals surface area contributed by atoms with E-state index in [1.165, 1.54) is 11.8 Å². The number of aromatic nitrogens is 4. The van der Waals surface area contributed by atoms with E-state index in [9.17, 15) is 4.79 Å². The summed E-state index contributed by atoms with van der Waals surface area (Å²) < 4.78 is 1.59. The first-order valence-electron chi connectivity index (χ1n) is 6.12. The van der Waals surface area contributed by atoms with Crippen molar-refractivity contribution in [1.82, 2.24) is 25.5 Å². The molecule has 106 valence electrons. The van der Waals surface area contributed by atoms with Gasteiger partial charge in [-0.2, -0.15) is 0 Å². The minimum atomic E-state index is -0.641. The summed E-state index contributed by atoms with van der Waals surface area (Å²) in [6.07, 6.45) is 0. The normalized spacial score (nSPS) is 12.1. The number of benzene rings is 1. The van der Waals surface area contributed by atoms with Crippen molar-refractivity contribution in [3.05, 3.63) is 35.9 Å². The highest BCUT2D eigenvalue weighted by molar-refractivity contribution is 7.99. The first kappa shape index (κ1) is 14.5. The Kier molecular flexibility index (Phi) is 5.08. The number of rotatable bonds is 6. The van der Waals surface area contributed by atoms with Gasteiger partial charge in [0.1, 0.15) is 6.04 Å². The third kappa shape index (κ3) is 3.78. The minimum absolute atomic E-state index is 0.187. The van der Waals surface area contributed by atoms with Crippen LogP contribution in [0.5, 0.6) is 0 Å². The lowest BCUT2D eigenvalue weighted by molar-refractivity contribution is -0.122. The fourth-order valence-electron chi connectivity index (χ4n) is 1.58. The van der Waals surface area contributed by atoms with Gasteiger partial charge in [0, 0.05) is 19.3 Å². The Morgan fingerprint density at radius 2 is 2.20 bits per heavy atom. The molecule has 0 aliphatic heterocycles. The van der Waals surface area contributed by atoms with Gasteiger partial charge in [0.25, 0.3) is 0 Å². The maximum Gasteiger partial charge on any atom is 0.241 e. The Hall–Kier alpha value is -1.93. The molecule has 0 saturated heterocycles. The Balaban J connectivity index is 1.74. The number of aryl methyl sites for hydroxylation is 1. The first-order valence-corrected chi connectivity index (χ1v) is 7.10. The number of carbonyl (C=O) groups is 1. The monoisotopic (exact) mass is 292 g/mol. The summed E-state index contributed by atoms with van der Waals surface area (Å²) in [4.78, 5) is 11.9. The van der Waals surface area contributed by atoms with Crippen LogP contribution in [0.2, 0.25) is 0 Å². The molecule has 3 N–H and O–H groups in total. The molecule has 1 aromatic heterocycles. The average molecular weight is 292 g/mol. The fourth-order valence-corrected chi connectivity index (χ4v) is 2.29. The molecule has 0 aliphatic carbocycles. The number of hydrogen-bond acceptors (Lipinski definition) is 6. The lowest BCUT2D eigenvalue weighted by atomic mass is 10.1. The van der Waals surface area contributed by atoms with E-state index in [2.05, 4.69) is 20.8 Å². The molecule has 8 heteroatoms. The lowest BCUT2D eigenvalue weighted by Crippen LogP contribution is -2.35. The van der Waals surface area contributed by atoms with Crippen LogP contribution in [-0.2, 0) is 11.8 Å². The molecule has 1 amide bonds. The molecule has 1 atom stereocenters. The van der Waals surface area contributed by atoms with Crippen LogP contribution >= 0.6 is 11.8 Å². The molecule has 0 spiro atoms. The van der Waals surface area contributed by atoms with E-state index < -0.39 is 6.04 Å². The average Bonchev–Trinajstić information content (AvgIpc) is 2.89. The van der Waals surface area contributed by atoms with Crippen LogP contribution in [0.15, 0.2) is 35.5 Å². The SMILES string of the molecule is Cn1nnnc1SCCNC(=O)[C@H](N)c1ccccc1. The minimum Gasteiger partial charge on any atom is -0.354 e. The van der Waals surface area contributed by atoms with Crippen LogP contribution in [0.3, 0.4) is 0 Å². The largest absolute Gasteiger partial charge is 0.354 e. The highest BCUT2D eigenvalue weighted by atomic mass is 32.2. The summed E-state index contributed by atoms with van der Waals surface area (Å²) in [5.41, 5.74) is 6.69. The van der Waals surface area contributed by atoms with Gasteiger partial charge in [-0.05, 0) is 16.0 Å². The van der Waals surface area contributed by atoms with Crippen LogP contribution in [0.1, 0.15) is 11.6 Å². The number of nitrogens with zero attached hydrogens (tertiary/aromatic N) is 4. The van der Waals surface area contributed by atoms with E-state index in [1.807, 2.05) is 30.3 Å². The van der Waals surface area contributed by atoms with Crippen molar-refractivity contribution in [2.45, 2.75) is 11.2 Å². The van der Waals surface area contributed by atoms with Gasteiger partial charge < -0.3 is 11.1 Å². The zero-order valence-corrected chi connectivity index (χ0v) is 11.9. The number of carbonyl (C=O) groups excluding carboxylic acids is 1. The summed E-state index contributed by atoms with van der Waals surface area (Å²) >= 11 is 1.47. The van der Waals surface area contributed by atoms with E-state index >= 15 is 0 Å². The van der Waals surface area contributed by atoms with Gasteiger partial charge in [0.2, 0.25) is 11.1 Å². The number of nitrogens with one attached hydrogen (secondary N) is 1. The first-order chi connectivity index (χ1) is 9.68. The highest BCUT2D eigenvalue weighted by Crippen LogP contribution is 2.12. The van der Waals surface area contributed by atoms with Gasteiger partial charge in [0.15, 0.2) is 0 Å². The van der Waals surface area contributed by atoms with E-state index in [4.69, 9.17) is 5.73 Å². The molecule has 2 rings (SSSR count). The summed E-state index contributed by atoms with van der Waals surface area (Å²) in [5, 5.41) is 14.6. The number of tetrazole rings is 1. The molecule has 1 aromatic carbocycles. The summed E-state index contributed by atoms with van der Waals surface area (Å²) in [6, 6.07) is 8.64. The van der Waals surface area contributed by atoms with Crippen molar-refractivity contribution in [2.75, 3.05) is 12.3 Å². The van der Waals surface area contributed by atoms with Crippen molar-refractivity contribution in [2.24, 2.45) is 12.8 Å². The Labute approximate surface area is 120 Å². The molecule has 0 bridgehead atoms. The molecule has 2 aromatic rings. The number of nitrogens with two attached hydrogens (primary N) is 1. The predicted octanol–water partition coefficient (Wildman–Crippen LogP) is 0.118. The zero-order valence-electron chi connectivity index (χ0n) is 11.1. The molecule has 1 heterocycles. The standard InChI is InChI=1S/C12H16N6OS/c1-18-12(15-16-17-18)20-8-7-14-11(19)10(13)9-5-3-2-4-6-9/h2-6,10H,7-8,13H2,1H3,(H,14,19)/t10-/m1/s1. The number of hydrogen-bond donors (Lipinski definition) is 2. The molecule has 0 aliphatic rings. The molecule has 0 radical (unpaired) electrons. The highest BCUT2D eigenvalue weighted by Gasteiger charge is 2.14. The molecular formula is C12H16N6OS. The smallest absolute Gasteiger partial charge is 0.241 e. The van der Waals surface area contributed by atoms with Gasteiger partial charge in [0.05, 0.1) is 0 Å². The van der Waals surface area contributed by atoms with E-state index in [-0.39, 0.29) is 5.91 Å². The Morgan fingerprint density at radius 3 is 2.85 bits per heavy atom. The fraction of sp³-hybridized carbons (Fsp3) is 0.333. The van der Waals surface area contributed by atoms with Crippen LogP contribution in [0, 0.1) is 0 Å². The van der Waals surface area contributed by atoms with Gasteiger partial charge >= 0.3 is 0 Å². The van der Waals surface area contributed by atoms with Crippen molar-refractivity contribution in [3.63, 3.8) is 0 Å². The predicted molar refractivity (Wildman–Crippen MR) is 75.9 cm³/mol. The van der Waals surface area contributed by atoms with Gasteiger partial charge in [-0.15, -0.1) is 5.10 Å². The second-order valence-corrected chi connectivity index (χ2v) is 5.17. The van der Waals surface area contributed by atoms with Crippen LogP contribution in [0.25, 0.3) is 0 Å². The van der Waals surface area contributed by atoms with Gasteiger partial charge in [-0.25, -0.2) is 4.68 Å². The molecule has 0 unspecified atom stereocenters.